The largest absolute Gasteiger partial charge is 0.479 e. The Morgan fingerprint density at radius 3 is 2.35 bits per heavy atom. The summed E-state index contributed by atoms with van der Waals surface area (Å²) in [6, 6.07) is 0. The van der Waals surface area contributed by atoms with Crippen LogP contribution in [-0.4, -0.2) is 34.9 Å². The average Bonchev–Trinajstić information content (AvgIpc) is 2.22. The summed E-state index contributed by atoms with van der Waals surface area (Å²) in [6.07, 6.45) is 1.89. The Morgan fingerprint density at radius 2 is 1.82 bits per heavy atom. The van der Waals surface area contributed by atoms with Gasteiger partial charge in [0.1, 0.15) is 0 Å². The molecule has 5 nitrogen and oxygen atoms in total. The van der Waals surface area contributed by atoms with Crippen molar-refractivity contribution < 1.29 is 24.5 Å². The predicted molar refractivity (Wildman–Crippen MR) is 62.5 cm³/mol. The van der Waals surface area contributed by atoms with Crippen LogP contribution in [0, 0.1) is 5.92 Å². The lowest BCUT2D eigenvalue weighted by atomic mass is 10.1. The maximum atomic E-state index is 11.1. The number of unbranched alkanes of at least 4 members (excludes halogenated alkanes) is 2. The molecule has 0 amide bonds. The molecule has 0 aliphatic carbocycles. The minimum Gasteiger partial charge on any atom is -0.479 e. The zero-order valence-corrected chi connectivity index (χ0v) is 10.5. The van der Waals surface area contributed by atoms with Gasteiger partial charge in [0, 0.05) is 0 Å². The first kappa shape index (κ1) is 15.9. The fourth-order valence-electron chi connectivity index (χ4n) is 1.32. The number of carboxylic acid groups (broad SMARTS) is 1. The van der Waals surface area contributed by atoms with Crippen molar-refractivity contribution >= 4 is 11.9 Å². The van der Waals surface area contributed by atoms with E-state index in [4.69, 9.17) is 14.9 Å². The molecule has 0 saturated heterocycles. The number of rotatable bonds is 9. The van der Waals surface area contributed by atoms with Gasteiger partial charge in [0.2, 0.25) is 0 Å². The van der Waals surface area contributed by atoms with Gasteiger partial charge in [0.25, 0.3) is 0 Å². The Balaban J connectivity index is 3.43. The monoisotopic (exact) mass is 246 g/mol. The zero-order valence-electron chi connectivity index (χ0n) is 10.5. The van der Waals surface area contributed by atoms with Gasteiger partial charge in [-0.1, -0.05) is 33.1 Å². The lowest BCUT2D eigenvalue weighted by molar-refractivity contribution is -0.155. The Hall–Kier alpha value is -1.10. The van der Waals surface area contributed by atoms with E-state index in [0.717, 1.165) is 25.7 Å². The number of carbonyl (C=O) groups is 2. The van der Waals surface area contributed by atoms with Crippen LogP contribution in [0.15, 0.2) is 0 Å². The lowest BCUT2D eigenvalue weighted by Gasteiger charge is -2.07. The van der Waals surface area contributed by atoms with E-state index >= 15 is 0 Å². The van der Waals surface area contributed by atoms with Crippen molar-refractivity contribution in [1.82, 2.24) is 0 Å². The molecule has 5 heteroatoms. The molecule has 0 saturated carbocycles. The van der Waals surface area contributed by atoms with Gasteiger partial charge in [-0.05, 0) is 12.3 Å². The molecular weight excluding hydrogens is 224 g/mol. The van der Waals surface area contributed by atoms with Gasteiger partial charge in [-0.3, -0.25) is 4.79 Å². The van der Waals surface area contributed by atoms with Crippen LogP contribution in [0.1, 0.15) is 46.0 Å². The topological polar surface area (TPSA) is 83.8 Å². The summed E-state index contributed by atoms with van der Waals surface area (Å²) in [4.78, 5) is 21.3. The summed E-state index contributed by atoms with van der Waals surface area (Å²) in [6.45, 7) is 4.61. The third-order valence-corrected chi connectivity index (χ3v) is 2.33. The van der Waals surface area contributed by atoms with Gasteiger partial charge in [-0.2, -0.15) is 0 Å². The lowest BCUT2D eigenvalue weighted by Crippen LogP contribution is -2.24. The normalized spacial score (nSPS) is 12.5. The van der Waals surface area contributed by atoms with Gasteiger partial charge in [-0.15, -0.1) is 0 Å². The minimum absolute atomic E-state index is 0.295. The highest BCUT2D eigenvalue weighted by atomic mass is 16.5. The number of esters is 1. The highest BCUT2D eigenvalue weighted by Crippen LogP contribution is 2.08. The average molecular weight is 246 g/mol. The second kappa shape index (κ2) is 8.98. The number of aliphatic carboxylic acids is 1. The van der Waals surface area contributed by atoms with E-state index in [0.29, 0.717) is 12.5 Å². The minimum atomic E-state index is -1.66. The van der Waals surface area contributed by atoms with E-state index in [2.05, 4.69) is 13.8 Å². The van der Waals surface area contributed by atoms with Crippen molar-refractivity contribution in [2.75, 3.05) is 6.61 Å². The van der Waals surface area contributed by atoms with Gasteiger partial charge in [-0.25, -0.2) is 4.79 Å². The quantitative estimate of drug-likeness (QED) is 0.476. The molecule has 0 aliphatic heterocycles. The summed E-state index contributed by atoms with van der Waals surface area (Å²) < 4.78 is 4.81. The first-order valence-corrected chi connectivity index (χ1v) is 6.00. The highest BCUT2D eigenvalue weighted by molar-refractivity contribution is 5.80. The predicted octanol–water partition coefficient (Wildman–Crippen LogP) is 1.58. The summed E-state index contributed by atoms with van der Waals surface area (Å²) in [5, 5.41) is 17.3. The molecule has 0 bridgehead atoms. The number of hydrogen-bond acceptors (Lipinski definition) is 4. The van der Waals surface area contributed by atoms with Gasteiger partial charge in [0.05, 0.1) is 13.0 Å². The van der Waals surface area contributed by atoms with Gasteiger partial charge < -0.3 is 14.9 Å². The van der Waals surface area contributed by atoms with Crippen molar-refractivity contribution in [3.63, 3.8) is 0 Å². The van der Waals surface area contributed by atoms with Crippen LogP contribution in [0.2, 0.25) is 0 Å². The van der Waals surface area contributed by atoms with Crippen molar-refractivity contribution in [3.05, 3.63) is 0 Å². The van der Waals surface area contributed by atoms with Crippen LogP contribution >= 0.6 is 0 Å². The van der Waals surface area contributed by atoms with Crippen LogP contribution in [0.3, 0.4) is 0 Å². The maximum absolute atomic E-state index is 11.1. The van der Waals surface area contributed by atoms with Gasteiger partial charge >= 0.3 is 11.9 Å². The molecule has 0 aromatic rings. The first-order valence-electron chi connectivity index (χ1n) is 6.00. The third-order valence-electron chi connectivity index (χ3n) is 2.33. The van der Waals surface area contributed by atoms with Crippen LogP contribution in [-0.2, 0) is 14.3 Å². The molecule has 0 fully saturated rings. The Labute approximate surface area is 102 Å². The van der Waals surface area contributed by atoms with E-state index < -0.39 is 24.5 Å². The number of ether oxygens (including phenoxy) is 1. The standard InChI is InChI=1S/C12H22O5/c1-9(2)6-4-3-5-7-17-11(14)8-10(13)12(15)16/h9-10,13H,3-8H2,1-2H3,(H,15,16)/t10-/m0/s1. The third kappa shape index (κ3) is 9.81. The maximum Gasteiger partial charge on any atom is 0.333 e. The Kier molecular flexibility index (Phi) is 8.40. The van der Waals surface area contributed by atoms with Crippen LogP contribution in [0.5, 0.6) is 0 Å². The molecule has 17 heavy (non-hydrogen) atoms. The number of carbonyl (C=O) groups excluding carboxylic acids is 1. The fourth-order valence-corrected chi connectivity index (χ4v) is 1.32. The molecular formula is C12H22O5. The fraction of sp³-hybridized carbons (Fsp3) is 0.833. The zero-order chi connectivity index (χ0) is 13.3. The van der Waals surface area contributed by atoms with E-state index in [1.807, 2.05) is 0 Å². The summed E-state index contributed by atoms with van der Waals surface area (Å²) in [5.41, 5.74) is 0. The number of aliphatic hydroxyl groups excluding tert-OH is 1. The number of carboxylic acids is 1. The smallest absolute Gasteiger partial charge is 0.333 e. The van der Waals surface area contributed by atoms with Crippen LogP contribution in [0.4, 0.5) is 0 Å². The molecule has 0 heterocycles. The molecule has 2 N–H and O–H groups in total. The van der Waals surface area contributed by atoms with E-state index in [1.54, 1.807) is 0 Å². The summed E-state index contributed by atoms with van der Waals surface area (Å²) in [5.74, 6) is -1.38. The summed E-state index contributed by atoms with van der Waals surface area (Å²) in [7, 11) is 0. The van der Waals surface area contributed by atoms with E-state index in [1.165, 1.54) is 0 Å². The van der Waals surface area contributed by atoms with E-state index in [-0.39, 0.29) is 0 Å². The molecule has 0 radical (unpaired) electrons. The first-order chi connectivity index (χ1) is 7.93. The van der Waals surface area contributed by atoms with Crippen molar-refractivity contribution in [3.8, 4) is 0 Å². The number of aliphatic hydroxyl groups is 1. The molecule has 1 atom stereocenters. The van der Waals surface area contributed by atoms with Gasteiger partial charge in [0.15, 0.2) is 6.10 Å². The van der Waals surface area contributed by atoms with Crippen LogP contribution < -0.4 is 0 Å². The molecule has 0 spiro atoms. The molecule has 0 rings (SSSR count). The molecule has 0 unspecified atom stereocenters. The van der Waals surface area contributed by atoms with Crippen LogP contribution in [0.25, 0.3) is 0 Å². The molecule has 0 aromatic heterocycles. The Bertz CT molecular complexity index is 237. The van der Waals surface area contributed by atoms with Crippen molar-refractivity contribution in [2.24, 2.45) is 5.92 Å². The highest BCUT2D eigenvalue weighted by Gasteiger charge is 2.18. The molecule has 100 valence electrons. The number of hydrogen-bond donors (Lipinski definition) is 2. The van der Waals surface area contributed by atoms with Crippen molar-refractivity contribution in [2.45, 2.75) is 52.1 Å². The Morgan fingerprint density at radius 1 is 1.18 bits per heavy atom. The van der Waals surface area contributed by atoms with Crippen molar-refractivity contribution in [1.29, 1.82) is 0 Å². The molecule has 0 aliphatic rings. The second-order valence-electron chi connectivity index (χ2n) is 4.52. The van der Waals surface area contributed by atoms with E-state index in [9.17, 15) is 9.59 Å². The second-order valence-corrected chi connectivity index (χ2v) is 4.52. The molecule has 0 aromatic carbocycles. The SMILES string of the molecule is CC(C)CCCCCOC(=O)C[C@H](O)C(=O)O. The summed E-state index contributed by atoms with van der Waals surface area (Å²) >= 11 is 0.